The predicted molar refractivity (Wildman–Crippen MR) is 213 cm³/mol. The standard InChI is InChI=1S/C48H30N2O/c1-2-11-31(12-3-1)32-21-24-34(25-22-32)49-43-18-7-5-14-38(43)42-30-35(26-28-46(42)49)50-44-19-8-4-13-37(44)41-29-33(23-27-45(41)50)36-16-10-17-40-39-15-6-9-20-47(39)51-48(36)40/h1-30H. The summed E-state index contributed by atoms with van der Waals surface area (Å²) >= 11 is 0. The molecule has 0 atom stereocenters. The van der Waals surface area contributed by atoms with Crippen LogP contribution in [-0.4, -0.2) is 9.13 Å². The predicted octanol–water partition coefficient (Wildman–Crippen LogP) is 13.1. The first kappa shape index (κ1) is 28.0. The van der Waals surface area contributed by atoms with E-state index in [4.69, 9.17) is 4.42 Å². The van der Waals surface area contributed by atoms with E-state index in [1.54, 1.807) is 0 Å². The topological polar surface area (TPSA) is 23.0 Å². The Morgan fingerprint density at radius 2 is 0.843 bits per heavy atom. The second-order valence-electron chi connectivity index (χ2n) is 13.3. The van der Waals surface area contributed by atoms with Crippen molar-refractivity contribution in [2.24, 2.45) is 0 Å². The second-order valence-corrected chi connectivity index (χ2v) is 13.3. The van der Waals surface area contributed by atoms with E-state index < -0.39 is 0 Å². The molecule has 3 heteroatoms. The Labute approximate surface area is 293 Å². The molecule has 0 aliphatic heterocycles. The molecule has 8 aromatic carbocycles. The molecule has 3 aromatic heterocycles. The summed E-state index contributed by atoms with van der Waals surface area (Å²) in [6.45, 7) is 0. The lowest BCUT2D eigenvalue weighted by Crippen LogP contribution is -1.96. The van der Waals surface area contributed by atoms with Crippen LogP contribution in [-0.2, 0) is 0 Å². The van der Waals surface area contributed by atoms with Crippen LogP contribution in [0.3, 0.4) is 0 Å². The molecule has 0 spiro atoms. The van der Waals surface area contributed by atoms with Crippen molar-refractivity contribution < 1.29 is 4.42 Å². The van der Waals surface area contributed by atoms with Crippen molar-refractivity contribution in [2.45, 2.75) is 0 Å². The van der Waals surface area contributed by atoms with Gasteiger partial charge in [-0.25, -0.2) is 0 Å². The number of rotatable bonds is 4. The summed E-state index contributed by atoms with van der Waals surface area (Å²) in [7, 11) is 0. The number of hydrogen-bond donors (Lipinski definition) is 0. The molecule has 0 radical (unpaired) electrons. The minimum Gasteiger partial charge on any atom is -0.455 e. The SMILES string of the molecule is c1ccc(-c2ccc(-n3c4ccccc4c4cc(-n5c6ccccc6c6cc(-c7cccc8c7oc7ccccc78)ccc65)ccc43)cc2)cc1. The van der Waals surface area contributed by atoms with Crippen LogP contribution < -0.4 is 0 Å². The lowest BCUT2D eigenvalue weighted by molar-refractivity contribution is 0.670. The molecule has 0 saturated heterocycles. The van der Waals surface area contributed by atoms with Crippen LogP contribution >= 0.6 is 0 Å². The average molecular weight is 651 g/mol. The van der Waals surface area contributed by atoms with Gasteiger partial charge in [0.25, 0.3) is 0 Å². The highest BCUT2D eigenvalue weighted by Gasteiger charge is 2.18. The summed E-state index contributed by atoms with van der Waals surface area (Å²) in [6.07, 6.45) is 0. The van der Waals surface area contributed by atoms with Gasteiger partial charge in [0.2, 0.25) is 0 Å². The Kier molecular flexibility index (Phi) is 5.96. The molecule has 0 saturated carbocycles. The number of fused-ring (bicyclic) bond motifs is 9. The highest BCUT2D eigenvalue weighted by molar-refractivity contribution is 6.14. The third-order valence-corrected chi connectivity index (χ3v) is 10.5. The molecule has 0 fully saturated rings. The van der Waals surface area contributed by atoms with Gasteiger partial charge < -0.3 is 13.6 Å². The number of nitrogens with zero attached hydrogens (tertiary/aromatic N) is 2. The zero-order valence-electron chi connectivity index (χ0n) is 27.6. The van der Waals surface area contributed by atoms with Crippen LogP contribution in [0.5, 0.6) is 0 Å². The first-order valence-corrected chi connectivity index (χ1v) is 17.4. The zero-order chi connectivity index (χ0) is 33.5. The van der Waals surface area contributed by atoms with Gasteiger partial charge in [-0.2, -0.15) is 0 Å². The van der Waals surface area contributed by atoms with Crippen LogP contribution in [0.25, 0.3) is 99.2 Å². The van der Waals surface area contributed by atoms with Gasteiger partial charge in [-0.1, -0.05) is 121 Å². The number of benzene rings is 8. The zero-order valence-corrected chi connectivity index (χ0v) is 27.6. The van der Waals surface area contributed by atoms with Crippen molar-refractivity contribution in [1.29, 1.82) is 0 Å². The fraction of sp³-hybridized carbons (Fsp3) is 0. The van der Waals surface area contributed by atoms with E-state index in [1.807, 2.05) is 12.1 Å². The molecule has 0 aliphatic rings. The van der Waals surface area contributed by atoms with Gasteiger partial charge in [0.15, 0.2) is 0 Å². The van der Waals surface area contributed by atoms with E-state index in [0.717, 1.165) is 44.4 Å². The maximum absolute atomic E-state index is 6.44. The molecule has 0 amide bonds. The molecule has 51 heavy (non-hydrogen) atoms. The van der Waals surface area contributed by atoms with Crippen molar-refractivity contribution in [1.82, 2.24) is 9.13 Å². The van der Waals surface area contributed by atoms with E-state index in [-0.39, 0.29) is 0 Å². The second kappa shape index (κ2) is 10.8. The summed E-state index contributed by atoms with van der Waals surface area (Å²) in [4.78, 5) is 0. The number of aromatic nitrogens is 2. The Morgan fingerprint density at radius 3 is 1.61 bits per heavy atom. The van der Waals surface area contributed by atoms with E-state index in [9.17, 15) is 0 Å². The van der Waals surface area contributed by atoms with E-state index in [2.05, 4.69) is 179 Å². The van der Waals surface area contributed by atoms with Crippen LogP contribution in [0.15, 0.2) is 186 Å². The molecular weight excluding hydrogens is 621 g/mol. The minimum atomic E-state index is 0.915. The van der Waals surface area contributed by atoms with Gasteiger partial charge in [0.05, 0.1) is 22.1 Å². The molecule has 3 nitrogen and oxygen atoms in total. The van der Waals surface area contributed by atoms with Crippen molar-refractivity contribution in [2.75, 3.05) is 0 Å². The molecule has 3 heterocycles. The van der Waals surface area contributed by atoms with Crippen molar-refractivity contribution in [3.63, 3.8) is 0 Å². The number of para-hydroxylation sites is 4. The van der Waals surface area contributed by atoms with E-state index >= 15 is 0 Å². The lowest BCUT2D eigenvalue weighted by atomic mass is 10.0. The maximum atomic E-state index is 6.44. The molecule has 0 N–H and O–H groups in total. The summed E-state index contributed by atoms with van der Waals surface area (Å²) in [5.41, 5.74) is 13.6. The molecule has 0 unspecified atom stereocenters. The van der Waals surface area contributed by atoms with Gasteiger partial charge in [-0.3, -0.25) is 0 Å². The van der Waals surface area contributed by atoms with Gasteiger partial charge in [0, 0.05) is 49.3 Å². The van der Waals surface area contributed by atoms with Gasteiger partial charge >= 0.3 is 0 Å². The van der Waals surface area contributed by atoms with Crippen molar-refractivity contribution in [3.05, 3.63) is 182 Å². The quantitative estimate of drug-likeness (QED) is 0.186. The van der Waals surface area contributed by atoms with Crippen molar-refractivity contribution >= 4 is 65.6 Å². The Bertz CT molecular complexity index is 3120. The molecule has 0 bridgehead atoms. The smallest absolute Gasteiger partial charge is 0.143 e. The first-order chi connectivity index (χ1) is 25.3. The minimum absolute atomic E-state index is 0.915. The van der Waals surface area contributed by atoms with Gasteiger partial charge in [-0.15, -0.1) is 0 Å². The fourth-order valence-corrected chi connectivity index (χ4v) is 8.20. The number of furan rings is 1. The largest absolute Gasteiger partial charge is 0.455 e. The summed E-state index contributed by atoms with van der Waals surface area (Å²) in [5.74, 6) is 0. The van der Waals surface area contributed by atoms with E-state index in [0.29, 0.717) is 0 Å². The molecule has 11 rings (SSSR count). The van der Waals surface area contributed by atoms with Crippen LogP contribution in [0.1, 0.15) is 0 Å². The summed E-state index contributed by atoms with van der Waals surface area (Å²) < 4.78 is 11.2. The third kappa shape index (κ3) is 4.19. The molecular formula is C48H30N2O. The van der Waals surface area contributed by atoms with Gasteiger partial charge in [0.1, 0.15) is 11.2 Å². The molecule has 11 aromatic rings. The number of hydrogen-bond acceptors (Lipinski definition) is 1. The fourth-order valence-electron chi connectivity index (χ4n) is 8.20. The molecule has 0 aliphatic carbocycles. The summed E-state index contributed by atoms with van der Waals surface area (Å²) in [5, 5.41) is 7.21. The first-order valence-electron chi connectivity index (χ1n) is 17.4. The van der Waals surface area contributed by atoms with E-state index in [1.165, 1.54) is 54.7 Å². The Balaban J connectivity index is 1.09. The third-order valence-electron chi connectivity index (χ3n) is 10.5. The van der Waals surface area contributed by atoms with Crippen LogP contribution in [0.4, 0.5) is 0 Å². The average Bonchev–Trinajstić information content (AvgIpc) is 3.86. The highest BCUT2D eigenvalue weighted by Crippen LogP contribution is 2.40. The van der Waals surface area contributed by atoms with Gasteiger partial charge in [-0.05, 0) is 77.4 Å². The van der Waals surface area contributed by atoms with Crippen molar-refractivity contribution in [3.8, 4) is 33.6 Å². The Morgan fingerprint density at radius 1 is 0.314 bits per heavy atom. The molecule has 238 valence electrons. The monoisotopic (exact) mass is 650 g/mol. The summed E-state index contributed by atoms with van der Waals surface area (Å²) in [6, 6.07) is 65.5. The normalized spacial score (nSPS) is 11.9. The Hall–Kier alpha value is -6.84. The maximum Gasteiger partial charge on any atom is 0.143 e. The lowest BCUT2D eigenvalue weighted by Gasteiger charge is -2.11. The van der Waals surface area contributed by atoms with Crippen LogP contribution in [0.2, 0.25) is 0 Å². The highest BCUT2D eigenvalue weighted by atomic mass is 16.3. The van der Waals surface area contributed by atoms with Crippen LogP contribution in [0, 0.1) is 0 Å².